The molecule has 1 fully saturated rings. The molecule has 0 aromatic heterocycles. The molecule has 2 rings (SSSR count). The first kappa shape index (κ1) is 12.9. The fourth-order valence-electron chi connectivity index (χ4n) is 2.09. The van der Waals surface area contributed by atoms with Crippen LogP contribution in [0.4, 0.5) is 0 Å². The minimum atomic E-state index is 0.920. The smallest absolute Gasteiger partial charge is 0.120 e. The molecule has 1 aliphatic rings. The summed E-state index contributed by atoms with van der Waals surface area (Å²) in [5.74, 6) is 0.920. The molecule has 0 bridgehead atoms. The number of ether oxygens (including phenoxy) is 1. The van der Waals surface area contributed by atoms with Gasteiger partial charge in [0.15, 0.2) is 0 Å². The molecule has 1 heterocycles. The Morgan fingerprint density at radius 3 is 2.53 bits per heavy atom. The van der Waals surface area contributed by atoms with E-state index in [1.54, 1.807) is 7.11 Å². The number of piperazine rings is 1. The molecule has 0 spiro atoms. The Morgan fingerprint density at radius 2 is 1.88 bits per heavy atom. The van der Waals surface area contributed by atoms with Gasteiger partial charge < -0.3 is 9.64 Å². The highest BCUT2D eigenvalue weighted by Crippen LogP contribution is 2.22. The lowest BCUT2D eigenvalue weighted by Gasteiger charge is -2.32. The van der Waals surface area contributed by atoms with Crippen LogP contribution in [0, 0.1) is 0 Å². The summed E-state index contributed by atoms with van der Waals surface area (Å²) in [6.07, 6.45) is 0. The Hall–Kier alpha value is -0.580. The van der Waals surface area contributed by atoms with E-state index < -0.39 is 0 Å². The Morgan fingerprint density at radius 1 is 1.18 bits per heavy atom. The monoisotopic (exact) mass is 298 g/mol. The van der Waals surface area contributed by atoms with Gasteiger partial charge in [0, 0.05) is 37.2 Å². The van der Waals surface area contributed by atoms with Crippen molar-refractivity contribution in [1.29, 1.82) is 0 Å². The van der Waals surface area contributed by atoms with Gasteiger partial charge in [0.2, 0.25) is 0 Å². The van der Waals surface area contributed by atoms with Crippen molar-refractivity contribution >= 4 is 15.9 Å². The molecular formula is C13H19BrN2O. The van der Waals surface area contributed by atoms with Crippen LogP contribution in [0.15, 0.2) is 22.7 Å². The zero-order valence-corrected chi connectivity index (χ0v) is 12.0. The summed E-state index contributed by atoms with van der Waals surface area (Å²) in [6.45, 7) is 5.61. The van der Waals surface area contributed by atoms with Gasteiger partial charge in [-0.25, -0.2) is 0 Å². The van der Waals surface area contributed by atoms with Crippen molar-refractivity contribution in [2.75, 3.05) is 40.3 Å². The van der Waals surface area contributed by atoms with E-state index in [1.807, 2.05) is 6.07 Å². The summed E-state index contributed by atoms with van der Waals surface area (Å²) in [5, 5.41) is 0. The minimum Gasteiger partial charge on any atom is -0.497 e. The molecule has 1 aromatic rings. The molecule has 4 heteroatoms. The first-order valence-corrected chi connectivity index (χ1v) is 6.71. The number of benzene rings is 1. The molecule has 3 nitrogen and oxygen atoms in total. The largest absolute Gasteiger partial charge is 0.497 e. The Kier molecular flexibility index (Phi) is 4.42. The summed E-state index contributed by atoms with van der Waals surface area (Å²) in [5.41, 5.74) is 1.31. The van der Waals surface area contributed by atoms with Crippen LogP contribution < -0.4 is 4.74 Å². The van der Waals surface area contributed by atoms with Crippen LogP contribution in [-0.4, -0.2) is 50.1 Å². The number of rotatable bonds is 3. The van der Waals surface area contributed by atoms with E-state index in [4.69, 9.17) is 4.74 Å². The van der Waals surface area contributed by atoms with E-state index >= 15 is 0 Å². The quantitative estimate of drug-likeness (QED) is 0.851. The molecule has 94 valence electrons. The topological polar surface area (TPSA) is 15.7 Å². The van der Waals surface area contributed by atoms with Crippen molar-refractivity contribution in [1.82, 2.24) is 9.80 Å². The summed E-state index contributed by atoms with van der Waals surface area (Å²) in [6, 6.07) is 6.28. The van der Waals surface area contributed by atoms with Crippen molar-refractivity contribution in [2.24, 2.45) is 0 Å². The van der Waals surface area contributed by atoms with Crippen LogP contribution in [0.5, 0.6) is 5.75 Å². The second-order valence-electron chi connectivity index (χ2n) is 4.58. The number of likely N-dealkylation sites (N-methyl/N-ethyl adjacent to an activating group) is 1. The van der Waals surface area contributed by atoms with E-state index in [0.29, 0.717) is 0 Å². The number of hydrogen-bond donors (Lipinski definition) is 0. The highest BCUT2D eigenvalue weighted by molar-refractivity contribution is 9.10. The summed E-state index contributed by atoms with van der Waals surface area (Å²) in [7, 11) is 3.89. The lowest BCUT2D eigenvalue weighted by Crippen LogP contribution is -2.43. The van der Waals surface area contributed by atoms with Crippen LogP contribution >= 0.6 is 15.9 Å². The highest BCUT2D eigenvalue weighted by Gasteiger charge is 2.14. The molecular weight excluding hydrogens is 280 g/mol. The number of methoxy groups -OCH3 is 1. The summed E-state index contributed by atoms with van der Waals surface area (Å²) < 4.78 is 6.37. The van der Waals surface area contributed by atoms with Gasteiger partial charge in [-0.1, -0.05) is 15.9 Å². The van der Waals surface area contributed by atoms with Gasteiger partial charge in [-0.3, -0.25) is 4.90 Å². The van der Waals surface area contributed by atoms with E-state index in [1.165, 1.54) is 5.56 Å². The van der Waals surface area contributed by atoms with Crippen molar-refractivity contribution in [3.05, 3.63) is 28.2 Å². The average molecular weight is 299 g/mol. The maximum atomic E-state index is 5.29. The van der Waals surface area contributed by atoms with Crippen molar-refractivity contribution in [3.63, 3.8) is 0 Å². The summed E-state index contributed by atoms with van der Waals surface area (Å²) >= 11 is 3.52. The first-order valence-electron chi connectivity index (χ1n) is 5.92. The molecule has 0 amide bonds. The SMILES string of the molecule is COc1cc(Br)cc(CN2CCN(C)CC2)c1. The molecule has 1 aromatic carbocycles. The highest BCUT2D eigenvalue weighted by atomic mass is 79.9. The third kappa shape index (κ3) is 3.69. The third-order valence-electron chi connectivity index (χ3n) is 3.17. The predicted octanol–water partition coefficient (Wildman–Crippen LogP) is 2.21. The number of hydrogen-bond acceptors (Lipinski definition) is 3. The second kappa shape index (κ2) is 5.85. The molecule has 0 saturated carbocycles. The van der Waals surface area contributed by atoms with E-state index in [-0.39, 0.29) is 0 Å². The van der Waals surface area contributed by atoms with Crippen molar-refractivity contribution in [3.8, 4) is 5.75 Å². The van der Waals surface area contributed by atoms with Crippen molar-refractivity contribution in [2.45, 2.75) is 6.54 Å². The van der Waals surface area contributed by atoms with Gasteiger partial charge >= 0.3 is 0 Å². The van der Waals surface area contributed by atoms with Crippen LogP contribution in [0.2, 0.25) is 0 Å². The molecule has 0 atom stereocenters. The Balaban J connectivity index is 2.00. The van der Waals surface area contributed by atoms with Crippen LogP contribution in [-0.2, 0) is 6.54 Å². The molecule has 0 unspecified atom stereocenters. The van der Waals surface area contributed by atoms with E-state index in [2.05, 4.69) is 44.9 Å². The molecule has 0 aliphatic carbocycles. The molecule has 1 saturated heterocycles. The Bertz CT molecular complexity index is 376. The fraction of sp³-hybridized carbons (Fsp3) is 0.538. The molecule has 0 radical (unpaired) electrons. The van der Waals surface area contributed by atoms with Gasteiger partial charge in [-0.15, -0.1) is 0 Å². The molecule has 1 aliphatic heterocycles. The standard InChI is InChI=1S/C13H19BrN2O/c1-15-3-5-16(6-4-15)10-11-7-12(14)9-13(8-11)17-2/h7-9H,3-6,10H2,1-2H3. The van der Waals surface area contributed by atoms with Crippen molar-refractivity contribution < 1.29 is 4.74 Å². The van der Waals surface area contributed by atoms with Gasteiger partial charge in [-0.05, 0) is 30.8 Å². The fourth-order valence-corrected chi connectivity index (χ4v) is 2.61. The van der Waals surface area contributed by atoms with E-state index in [0.717, 1.165) is 42.9 Å². The van der Waals surface area contributed by atoms with Gasteiger partial charge in [0.1, 0.15) is 5.75 Å². The first-order chi connectivity index (χ1) is 8.17. The van der Waals surface area contributed by atoms with Gasteiger partial charge in [0.25, 0.3) is 0 Å². The third-order valence-corrected chi connectivity index (χ3v) is 3.63. The maximum absolute atomic E-state index is 5.29. The van der Waals surface area contributed by atoms with Crippen LogP contribution in [0.1, 0.15) is 5.56 Å². The lowest BCUT2D eigenvalue weighted by atomic mass is 10.2. The zero-order chi connectivity index (χ0) is 12.3. The van der Waals surface area contributed by atoms with Crippen LogP contribution in [0.3, 0.4) is 0 Å². The predicted molar refractivity (Wildman–Crippen MR) is 73.5 cm³/mol. The van der Waals surface area contributed by atoms with Gasteiger partial charge in [-0.2, -0.15) is 0 Å². The number of halogens is 1. The maximum Gasteiger partial charge on any atom is 0.120 e. The van der Waals surface area contributed by atoms with E-state index in [9.17, 15) is 0 Å². The minimum absolute atomic E-state index is 0.920. The number of nitrogens with zero attached hydrogens (tertiary/aromatic N) is 2. The molecule has 17 heavy (non-hydrogen) atoms. The average Bonchev–Trinajstić information content (AvgIpc) is 2.31. The second-order valence-corrected chi connectivity index (χ2v) is 5.49. The lowest BCUT2D eigenvalue weighted by molar-refractivity contribution is 0.148. The zero-order valence-electron chi connectivity index (χ0n) is 10.4. The summed E-state index contributed by atoms with van der Waals surface area (Å²) in [4.78, 5) is 4.86. The molecule has 0 N–H and O–H groups in total. The van der Waals surface area contributed by atoms with Crippen LogP contribution in [0.25, 0.3) is 0 Å². The normalized spacial score (nSPS) is 18.3. The Labute approximate surface area is 111 Å². The van der Waals surface area contributed by atoms with Gasteiger partial charge in [0.05, 0.1) is 7.11 Å².